The van der Waals surface area contributed by atoms with E-state index in [-0.39, 0.29) is 5.29 Å². The fourth-order valence-corrected chi connectivity index (χ4v) is 2.44. The molecule has 0 aliphatic heterocycles. The third-order valence-electron chi connectivity index (χ3n) is 2.48. The molecule has 1 rings (SSSR count). The lowest BCUT2D eigenvalue weighted by Crippen LogP contribution is -2.35. The molecule has 1 amide bonds. The van der Waals surface area contributed by atoms with Gasteiger partial charge < -0.3 is 9.64 Å². The van der Waals surface area contributed by atoms with Gasteiger partial charge in [-0.05, 0) is 43.8 Å². The van der Waals surface area contributed by atoms with E-state index in [2.05, 4.69) is 17.6 Å². The number of amides is 1. The van der Waals surface area contributed by atoms with Crippen LogP contribution in [0.15, 0.2) is 33.7 Å². The van der Waals surface area contributed by atoms with Crippen molar-refractivity contribution >= 4 is 47.0 Å². The van der Waals surface area contributed by atoms with Crippen LogP contribution in [0.25, 0.3) is 0 Å². The highest BCUT2D eigenvalue weighted by Crippen LogP contribution is 2.21. The Hall–Kier alpha value is -1.18. The smallest absolute Gasteiger partial charge is 0.416 e. The van der Waals surface area contributed by atoms with Crippen LogP contribution in [0, 0.1) is 0 Å². The van der Waals surface area contributed by atoms with Crippen LogP contribution in [-0.4, -0.2) is 40.9 Å². The molecule has 0 aliphatic rings. The first-order chi connectivity index (χ1) is 10.6. The van der Waals surface area contributed by atoms with E-state index in [4.69, 9.17) is 16.3 Å². The predicted octanol–water partition coefficient (Wildman–Crippen LogP) is 4.37. The molecule has 0 atom stereocenters. The van der Waals surface area contributed by atoms with E-state index in [9.17, 15) is 4.79 Å². The van der Waals surface area contributed by atoms with E-state index >= 15 is 0 Å². The Morgan fingerprint density at radius 1 is 1.48 bits per heavy atom. The van der Waals surface area contributed by atoms with Crippen molar-refractivity contribution in [2.45, 2.75) is 32.9 Å². The first-order valence-electron chi connectivity index (χ1n) is 6.93. The van der Waals surface area contributed by atoms with Crippen LogP contribution in [0.5, 0.6) is 0 Å². The quantitative estimate of drug-likeness (QED) is 0.368. The number of carbonyl (C=O) groups is 1. The number of aliphatic imine (C=N–C) groups is 1. The molecule has 8 heteroatoms. The first-order valence-corrected chi connectivity index (χ1v) is 8.70. The molecule has 0 aliphatic carbocycles. The van der Waals surface area contributed by atoms with Gasteiger partial charge in [-0.3, -0.25) is 4.90 Å². The number of hydrogen-bond donors (Lipinski definition) is 1. The largest absolute Gasteiger partial charge is 0.443 e. The van der Waals surface area contributed by atoms with Crippen molar-refractivity contribution in [3.05, 3.63) is 33.6 Å². The number of rotatable bonds is 4. The third kappa shape index (κ3) is 6.85. The average molecular weight is 376 g/mol. The lowest BCUT2D eigenvalue weighted by atomic mass is 10.2. The Balaban J connectivity index is 3.11. The molecule has 0 radical (unpaired) electrons. The minimum atomic E-state index is -0.610. The fourth-order valence-electron chi connectivity index (χ4n) is 1.47. The van der Waals surface area contributed by atoms with Gasteiger partial charge in [0.05, 0.1) is 6.54 Å². The first kappa shape index (κ1) is 19.9. The van der Waals surface area contributed by atoms with E-state index < -0.39 is 11.7 Å². The summed E-state index contributed by atoms with van der Waals surface area (Å²) in [5, 5.41) is 3.62. The van der Waals surface area contributed by atoms with Crippen LogP contribution >= 0.6 is 35.6 Å². The molecular formula is C15H22ClN3O2S2. The minimum Gasteiger partial charge on any atom is -0.443 e. The highest BCUT2D eigenvalue weighted by molar-refractivity contribution is 7.83. The number of amidine groups is 1. The maximum atomic E-state index is 12.5. The molecule has 0 saturated heterocycles. The number of carbonyl (C=O) groups excluding carboxylic acids is 1. The molecular weight excluding hydrogens is 354 g/mol. The Morgan fingerprint density at radius 2 is 2.13 bits per heavy atom. The van der Waals surface area contributed by atoms with Gasteiger partial charge in [-0.1, -0.05) is 6.07 Å². The summed E-state index contributed by atoms with van der Waals surface area (Å²) in [4.78, 5) is 20.8. The molecule has 1 aromatic heterocycles. The molecule has 0 spiro atoms. The highest BCUT2D eigenvalue weighted by Gasteiger charge is 2.25. The van der Waals surface area contributed by atoms with Crippen LogP contribution < -0.4 is 0 Å². The summed E-state index contributed by atoms with van der Waals surface area (Å²) in [7, 11) is 3.53. The highest BCUT2D eigenvalue weighted by atomic mass is 35.5. The monoisotopic (exact) mass is 375 g/mol. The van der Waals surface area contributed by atoms with Crippen molar-refractivity contribution in [2.75, 3.05) is 14.1 Å². The number of thiol groups is 1. The van der Waals surface area contributed by atoms with E-state index in [1.165, 1.54) is 10.3 Å². The molecule has 0 fully saturated rings. The van der Waals surface area contributed by atoms with Crippen LogP contribution in [0.4, 0.5) is 4.79 Å². The van der Waals surface area contributed by atoms with Crippen molar-refractivity contribution in [1.29, 1.82) is 0 Å². The van der Waals surface area contributed by atoms with Gasteiger partial charge in [0.2, 0.25) is 0 Å². The Morgan fingerprint density at radius 3 is 2.57 bits per heavy atom. The summed E-state index contributed by atoms with van der Waals surface area (Å²) in [5.41, 5.74) is -0.610. The number of hydrogen-bond acceptors (Lipinski definition) is 5. The van der Waals surface area contributed by atoms with Gasteiger partial charge in [-0.2, -0.15) is 0 Å². The summed E-state index contributed by atoms with van der Waals surface area (Å²) >= 11 is 11.8. The lowest BCUT2D eigenvalue weighted by Gasteiger charge is -2.27. The van der Waals surface area contributed by atoms with E-state index in [0.29, 0.717) is 12.4 Å². The fraction of sp³-hybridized carbons (Fsp3) is 0.467. The van der Waals surface area contributed by atoms with Gasteiger partial charge >= 0.3 is 6.09 Å². The Labute approximate surface area is 152 Å². The number of halogens is 1. The van der Waals surface area contributed by atoms with E-state index in [1.807, 2.05) is 38.3 Å². The molecule has 0 saturated carbocycles. The predicted molar refractivity (Wildman–Crippen MR) is 100 cm³/mol. The normalized spacial score (nSPS) is 13.0. The summed E-state index contributed by atoms with van der Waals surface area (Å²) in [6, 6.07) is 3.86. The van der Waals surface area contributed by atoms with Gasteiger partial charge in [-0.25, -0.2) is 9.79 Å². The average Bonchev–Trinajstić information content (AvgIpc) is 2.93. The molecule has 1 heterocycles. The van der Waals surface area contributed by atoms with Gasteiger partial charge in [0.15, 0.2) is 5.29 Å². The standard InChI is InChI=1S/C15H22ClN3O2S2/c1-15(2,3)21-14(20)19(9-11-7-6-8-23-11)12(10-22)17-13(16)18(4)5/h6-8,10,22H,9H2,1-5H3/b12-10-,17-13-. The molecule has 128 valence electrons. The second-order valence-electron chi connectivity index (χ2n) is 5.91. The summed E-state index contributed by atoms with van der Waals surface area (Å²) in [6.07, 6.45) is -0.502. The second-order valence-corrected chi connectivity index (χ2v) is 7.54. The summed E-state index contributed by atoms with van der Waals surface area (Å²) < 4.78 is 5.46. The SMILES string of the molecule is CN(C)/C(Cl)=N\C(=C\S)N(Cc1cccs1)C(=O)OC(C)(C)C. The van der Waals surface area contributed by atoms with Gasteiger partial charge in [-0.15, -0.1) is 24.0 Å². The molecule has 5 nitrogen and oxygen atoms in total. The third-order valence-corrected chi connectivity index (χ3v) is 3.99. The number of ether oxygens (including phenoxy) is 1. The Kier molecular flexibility index (Phi) is 7.44. The molecule has 0 N–H and O–H groups in total. The van der Waals surface area contributed by atoms with Crippen molar-refractivity contribution in [1.82, 2.24) is 9.80 Å². The maximum absolute atomic E-state index is 12.5. The lowest BCUT2D eigenvalue weighted by molar-refractivity contribution is 0.0300. The molecule has 0 aromatic carbocycles. The number of nitrogens with zero attached hydrogens (tertiary/aromatic N) is 3. The van der Waals surface area contributed by atoms with Crippen molar-refractivity contribution in [3.8, 4) is 0 Å². The maximum Gasteiger partial charge on any atom is 0.416 e. The van der Waals surface area contributed by atoms with Crippen molar-refractivity contribution in [2.24, 2.45) is 4.99 Å². The molecule has 0 unspecified atom stereocenters. The second kappa shape index (κ2) is 8.61. The van der Waals surface area contributed by atoms with Gasteiger partial charge in [0.25, 0.3) is 0 Å². The van der Waals surface area contributed by atoms with Crippen LogP contribution in [0.2, 0.25) is 0 Å². The van der Waals surface area contributed by atoms with Gasteiger partial charge in [0, 0.05) is 24.4 Å². The molecule has 1 aromatic rings. The van der Waals surface area contributed by atoms with Crippen molar-refractivity contribution < 1.29 is 9.53 Å². The summed E-state index contributed by atoms with van der Waals surface area (Å²) in [6.45, 7) is 5.77. The van der Waals surface area contributed by atoms with Crippen LogP contribution in [0.1, 0.15) is 25.6 Å². The van der Waals surface area contributed by atoms with Gasteiger partial charge in [0.1, 0.15) is 11.4 Å². The van der Waals surface area contributed by atoms with E-state index in [1.54, 1.807) is 30.3 Å². The zero-order valence-corrected chi connectivity index (χ0v) is 16.4. The van der Waals surface area contributed by atoms with Crippen molar-refractivity contribution in [3.63, 3.8) is 0 Å². The molecule has 23 heavy (non-hydrogen) atoms. The summed E-state index contributed by atoms with van der Waals surface area (Å²) in [5.74, 6) is 0.315. The molecule has 0 bridgehead atoms. The topological polar surface area (TPSA) is 45.1 Å². The van der Waals surface area contributed by atoms with E-state index in [0.717, 1.165) is 4.88 Å². The minimum absolute atomic E-state index is 0.241. The Bertz CT molecular complexity index is 578. The van der Waals surface area contributed by atoms with Crippen LogP contribution in [-0.2, 0) is 11.3 Å². The van der Waals surface area contributed by atoms with Crippen LogP contribution in [0.3, 0.4) is 0 Å². The zero-order chi connectivity index (χ0) is 17.6. The number of thiophene rings is 1. The zero-order valence-electron chi connectivity index (χ0n) is 13.9.